The second-order valence-corrected chi connectivity index (χ2v) is 8.45. The van der Waals surface area contributed by atoms with Crippen molar-refractivity contribution in [2.24, 2.45) is 0 Å². The molecule has 0 aliphatic rings. The lowest BCUT2D eigenvalue weighted by Crippen LogP contribution is -2.36. The number of fused-ring (bicyclic) bond motifs is 1. The van der Waals surface area contributed by atoms with Crippen LogP contribution in [0.2, 0.25) is 0 Å². The Morgan fingerprint density at radius 3 is 2.03 bits per heavy atom. The minimum atomic E-state index is -0.643. The molecule has 0 saturated heterocycles. The molecule has 0 unspecified atom stereocenters. The Kier molecular flexibility index (Phi) is 7.81. The Balaban J connectivity index is 1.99. The SMILES string of the molecule is CON(C(=O)c1ccc(C(=O)NO)cc1)c1cccc2c(CN(C(C)C)C(C)C)cccc12. The van der Waals surface area contributed by atoms with E-state index in [1.165, 1.54) is 42.0 Å². The van der Waals surface area contributed by atoms with E-state index >= 15 is 0 Å². The van der Waals surface area contributed by atoms with Crippen molar-refractivity contribution in [2.45, 2.75) is 46.3 Å². The molecule has 2 amide bonds. The highest BCUT2D eigenvalue weighted by Crippen LogP contribution is 2.31. The van der Waals surface area contributed by atoms with E-state index in [9.17, 15) is 9.59 Å². The number of carbonyl (C=O) groups excluding carboxylic acids is 2. The van der Waals surface area contributed by atoms with Gasteiger partial charge in [0.25, 0.3) is 11.8 Å². The molecule has 7 nitrogen and oxygen atoms in total. The zero-order chi connectivity index (χ0) is 24.1. The summed E-state index contributed by atoms with van der Waals surface area (Å²) in [5, 5.41) is 12.0. The number of hydroxylamine groups is 2. The molecule has 33 heavy (non-hydrogen) atoms. The summed E-state index contributed by atoms with van der Waals surface area (Å²) < 4.78 is 0. The van der Waals surface area contributed by atoms with E-state index in [4.69, 9.17) is 10.0 Å². The topological polar surface area (TPSA) is 82.1 Å². The molecule has 0 fully saturated rings. The van der Waals surface area contributed by atoms with Gasteiger partial charge in [0.05, 0.1) is 12.8 Å². The van der Waals surface area contributed by atoms with Crippen molar-refractivity contribution in [3.05, 3.63) is 77.4 Å². The number of anilines is 1. The van der Waals surface area contributed by atoms with Crippen molar-refractivity contribution < 1.29 is 19.6 Å². The van der Waals surface area contributed by atoms with Crippen molar-refractivity contribution in [1.29, 1.82) is 0 Å². The average molecular weight is 450 g/mol. The first-order valence-corrected chi connectivity index (χ1v) is 11.0. The van der Waals surface area contributed by atoms with Gasteiger partial charge in [0.15, 0.2) is 0 Å². The van der Waals surface area contributed by atoms with Crippen LogP contribution in [0.1, 0.15) is 54.0 Å². The van der Waals surface area contributed by atoms with E-state index in [1.807, 2.05) is 24.3 Å². The Morgan fingerprint density at radius 2 is 1.45 bits per heavy atom. The predicted octanol–water partition coefficient (Wildman–Crippen LogP) is 4.79. The number of rotatable bonds is 8. The number of amides is 2. The van der Waals surface area contributed by atoms with Gasteiger partial charge in [0.2, 0.25) is 0 Å². The van der Waals surface area contributed by atoms with Gasteiger partial charge < -0.3 is 0 Å². The van der Waals surface area contributed by atoms with Crippen LogP contribution in [0.4, 0.5) is 5.69 Å². The van der Waals surface area contributed by atoms with Crippen molar-refractivity contribution in [2.75, 3.05) is 12.2 Å². The van der Waals surface area contributed by atoms with Crippen LogP contribution in [0.25, 0.3) is 10.8 Å². The fourth-order valence-corrected chi connectivity index (χ4v) is 4.07. The third kappa shape index (κ3) is 5.22. The van der Waals surface area contributed by atoms with E-state index in [-0.39, 0.29) is 11.5 Å². The molecule has 0 aromatic heterocycles. The highest BCUT2D eigenvalue weighted by molar-refractivity contribution is 6.10. The molecule has 3 aromatic carbocycles. The van der Waals surface area contributed by atoms with Crippen LogP contribution in [0.15, 0.2) is 60.7 Å². The minimum absolute atomic E-state index is 0.243. The summed E-state index contributed by atoms with van der Waals surface area (Å²) in [4.78, 5) is 32.7. The predicted molar refractivity (Wildman–Crippen MR) is 129 cm³/mol. The van der Waals surface area contributed by atoms with Gasteiger partial charge in [-0.1, -0.05) is 30.3 Å². The largest absolute Gasteiger partial charge is 0.294 e. The summed E-state index contributed by atoms with van der Waals surface area (Å²) in [7, 11) is 1.45. The van der Waals surface area contributed by atoms with E-state index in [0.717, 1.165) is 17.3 Å². The summed E-state index contributed by atoms with van der Waals surface area (Å²) in [6.45, 7) is 9.56. The van der Waals surface area contributed by atoms with Crippen LogP contribution in [-0.4, -0.2) is 41.1 Å². The summed E-state index contributed by atoms with van der Waals surface area (Å²) >= 11 is 0. The van der Waals surface area contributed by atoms with Crippen LogP contribution in [0.3, 0.4) is 0 Å². The summed E-state index contributed by atoms with van der Waals surface area (Å²) in [5.74, 6) is -1.01. The Morgan fingerprint density at radius 1 is 0.879 bits per heavy atom. The van der Waals surface area contributed by atoms with Gasteiger partial charge in [-0.05, 0) is 69.0 Å². The third-order valence-corrected chi connectivity index (χ3v) is 5.75. The second kappa shape index (κ2) is 10.6. The Bertz CT molecular complexity index is 1120. The first-order valence-electron chi connectivity index (χ1n) is 11.0. The normalized spacial score (nSPS) is 11.4. The van der Waals surface area contributed by atoms with Crippen LogP contribution in [-0.2, 0) is 11.4 Å². The molecule has 0 bridgehead atoms. The molecular formula is C26H31N3O4. The maximum Gasteiger partial charge on any atom is 0.282 e. The highest BCUT2D eigenvalue weighted by atomic mass is 16.7. The number of benzene rings is 3. The monoisotopic (exact) mass is 449 g/mol. The van der Waals surface area contributed by atoms with Crippen LogP contribution in [0, 0.1) is 0 Å². The maximum atomic E-state index is 13.3. The maximum absolute atomic E-state index is 13.3. The van der Waals surface area contributed by atoms with E-state index in [1.54, 1.807) is 5.48 Å². The average Bonchev–Trinajstić information content (AvgIpc) is 2.82. The van der Waals surface area contributed by atoms with E-state index in [2.05, 4.69) is 44.7 Å². The zero-order valence-corrected chi connectivity index (χ0v) is 19.7. The van der Waals surface area contributed by atoms with Crippen LogP contribution >= 0.6 is 0 Å². The van der Waals surface area contributed by atoms with Crippen LogP contribution in [0.5, 0.6) is 0 Å². The van der Waals surface area contributed by atoms with Gasteiger partial charge >= 0.3 is 0 Å². The van der Waals surface area contributed by atoms with Gasteiger partial charge in [-0.15, -0.1) is 0 Å². The summed E-state index contributed by atoms with van der Waals surface area (Å²) in [6, 6.07) is 18.7. The Hall–Kier alpha value is -3.26. The van der Waals surface area contributed by atoms with Crippen LogP contribution < -0.4 is 10.5 Å². The molecule has 0 aliphatic carbocycles. The quantitative estimate of drug-likeness (QED) is 0.382. The molecule has 0 aliphatic heterocycles. The second-order valence-electron chi connectivity index (χ2n) is 8.45. The lowest BCUT2D eigenvalue weighted by atomic mass is 10.0. The van der Waals surface area contributed by atoms with E-state index < -0.39 is 5.91 Å². The van der Waals surface area contributed by atoms with Gasteiger partial charge in [-0.3, -0.25) is 24.5 Å². The summed E-state index contributed by atoms with van der Waals surface area (Å²) in [5.41, 5.74) is 3.99. The minimum Gasteiger partial charge on any atom is -0.294 e. The molecule has 0 heterocycles. The lowest BCUT2D eigenvalue weighted by Gasteiger charge is -2.31. The smallest absolute Gasteiger partial charge is 0.282 e. The molecule has 3 aromatic rings. The van der Waals surface area contributed by atoms with Crippen molar-refractivity contribution in [1.82, 2.24) is 10.4 Å². The van der Waals surface area contributed by atoms with Crippen molar-refractivity contribution in [3.8, 4) is 0 Å². The van der Waals surface area contributed by atoms with Gasteiger partial charge in [0.1, 0.15) is 0 Å². The van der Waals surface area contributed by atoms with Gasteiger partial charge in [-0.2, -0.15) is 5.06 Å². The highest BCUT2D eigenvalue weighted by Gasteiger charge is 2.22. The number of hydrogen-bond acceptors (Lipinski definition) is 5. The number of nitrogens with zero attached hydrogens (tertiary/aromatic N) is 2. The fraction of sp³-hybridized carbons (Fsp3) is 0.308. The molecule has 0 spiro atoms. The molecule has 7 heteroatoms. The number of carbonyl (C=O) groups is 2. The van der Waals surface area contributed by atoms with Gasteiger partial charge in [0, 0.05) is 35.1 Å². The standard InChI is InChI=1S/C26H31N3O4/c1-17(2)28(18(3)4)16-21-8-6-10-23-22(21)9-7-11-24(23)29(33-5)26(31)20-14-12-19(13-15-20)25(30)27-32/h6-15,17-18,32H,16H2,1-5H3,(H,27,30). The molecule has 0 atom stereocenters. The fourth-order valence-electron chi connectivity index (χ4n) is 4.07. The number of nitrogens with one attached hydrogen (secondary N) is 1. The first-order chi connectivity index (χ1) is 15.8. The van der Waals surface area contributed by atoms with E-state index in [0.29, 0.717) is 23.3 Å². The molecule has 0 saturated carbocycles. The summed E-state index contributed by atoms with van der Waals surface area (Å²) in [6.07, 6.45) is 0. The molecule has 2 N–H and O–H groups in total. The molecular weight excluding hydrogens is 418 g/mol. The number of hydrogen-bond donors (Lipinski definition) is 2. The zero-order valence-electron chi connectivity index (χ0n) is 19.7. The lowest BCUT2D eigenvalue weighted by molar-refractivity contribution is 0.0705. The Labute approximate surface area is 194 Å². The molecule has 174 valence electrons. The molecule has 0 radical (unpaired) electrons. The third-order valence-electron chi connectivity index (χ3n) is 5.75. The van der Waals surface area contributed by atoms with Crippen molar-refractivity contribution >= 4 is 28.3 Å². The van der Waals surface area contributed by atoms with Gasteiger partial charge in [-0.25, -0.2) is 5.48 Å². The van der Waals surface area contributed by atoms with Crippen molar-refractivity contribution in [3.63, 3.8) is 0 Å². The first kappa shape index (κ1) is 24.4. The molecule has 3 rings (SSSR count).